The van der Waals surface area contributed by atoms with Crippen LogP contribution in [0.25, 0.3) is 22.2 Å². The minimum Gasteiger partial charge on any atom is -0.378 e. The van der Waals surface area contributed by atoms with E-state index in [1.54, 1.807) is 0 Å². The van der Waals surface area contributed by atoms with Crippen LogP contribution < -0.4 is 10.6 Å². The van der Waals surface area contributed by atoms with Gasteiger partial charge in [0.05, 0.1) is 25.5 Å². The minimum absolute atomic E-state index is 0.328. The number of benzene rings is 1. The molecular formula is C17H19N5O. The van der Waals surface area contributed by atoms with E-state index < -0.39 is 0 Å². The molecule has 1 fully saturated rings. The van der Waals surface area contributed by atoms with Crippen molar-refractivity contribution in [3.8, 4) is 11.3 Å². The first kappa shape index (κ1) is 14.2. The third-order valence-electron chi connectivity index (χ3n) is 4.15. The number of nitrogens with zero attached hydrogens (tertiary/aromatic N) is 3. The molecule has 1 aromatic carbocycles. The second-order valence-electron chi connectivity index (χ2n) is 5.58. The summed E-state index contributed by atoms with van der Waals surface area (Å²) in [5, 5.41) is 1.15. The maximum Gasteiger partial charge on any atom is 0.144 e. The Hall–Kier alpha value is -2.44. The molecule has 118 valence electrons. The van der Waals surface area contributed by atoms with Crippen LogP contribution in [0.4, 0.5) is 5.82 Å². The van der Waals surface area contributed by atoms with Crippen LogP contribution in [0.5, 0.6) is 0 Å². The number of aromatic nitrogens is 3. The zero-order valence-corrected chi connectivity index (χ0v) is 12.8. The number of anilines is 1. The number of ether oxygens (including phenoxy) is 1. The Balaban J connectivity index is 1.83. The van der Waals surface area contributed by atoms with Crippen LogP contribution >= 0.6 is 0 Å². The molecule has 0 atom stereocenters. The predicted octanol–water partition coefficient (Wildman–Crippen LogP) is 1.92. The molecule has 3 aromatic rings. The molecule has 0 bridgehead atoms. The van der Waals surface area contributed by atoms with Gasteiger partial charge >= 0.3 is 0 Å². The highest BCUT2D eigenvalue weighted by Gasteiger charge is 2.16. The molecule has 1 aliphatic heterocycles. The number of rotatable bonds is 3. The van der Waals surface area contributed by atoms with Crippen molar-refractivity contribution < 1.29 is 4.74 Å². The van der Waals surface area contributed by atoms with E-state index in [2.05, 4.69) is 38.1 Å². The lowest BCUT2D eigenvalue weighted by Gasteiger charge is -2.28. The Morgan fingerprint density at radius 1 is 1.17 bits per heavy atom. The van der Waals surface area contributed by atoms with E-state index in [0.29, 0.717) is 12.4 Å². The first-order chi connectivity index (χ1) is 11.3. The molecule has 0 saturated carbocycles. The largest absolute Gasteiger partial charge is 0.378 e. The monoisotopic (exact) mass is 309 g/mol. The molecule has 6 nitrogen and oxygen atoms in total. The Kier molecular flexibility index (Phi) is 3.69. The van der Waals surface area contributed by atoms with Gasteiger partial charge in [-0.1, -0.05) is 12.1 Å². The van der Waals surface area contributed by atoms with Crippen molar-refractivity contribution in [1.82, 2.24) is 15.0 Å². The molecule has 3 heterocycles. The first-order valence-electron chi connectivity index (χ1n) is 7.82. The van der Waals surface area contributed by atoms with Crippen LogP contribution in [0.3, 0.4) is 0 Å². The molecule has 0 spiro atoms. The Morgan fingerprint density at radius 2 is 2.04 bits per heavy atom. The predicted molar refractivity (Wildman–Crippen MR) is 90.2 cm³/mol. The summed E-state index contributed by atoms with van der Waals surface area (Å²) >= 11 is 0. The van der Waals surface area contributed by atoms with E-state index in [-0.39, 0.29) is 0 Å². The number of hydrogen-bond acceptors (Lipinski definition) is 5. The fourth-order valence-corrected chi connectivity index (χ4v) is 2.98. The van der Waals surface area contributed by atoms with Gasteiger partial charge in [-0.05, 0) is 12.1 Å². The van der Waals surface area contributed by atoms with E-state index in [1.807, 2.05) is 18.3 Å². The van der Waals surface area contributed by atoms with Crippen molar-refractivity contribution in [2.24, 2.45) is 5.73 Å². The SMILES string of the molecule is NCc1nc(-c2cccc3[nH]ccc23)cc(N2CCOCC2)n1. The molecule has 0 amide bonds. The summed E-state index contributed by atoms with van der Waals surface area (Å²) < 4.78 is 5.43. The molecule has 1 saturated heterocycles. The molecule has 0 aliphatic carbocycles. The second kappa shape index (κ2) is 5.98. The quantitative estimate of drug-likeness (QED) is 0.772. The van der Waals surface area contributed by atoms with Gasteiger partial charge in [-0.15, -0.1) is 0 Å². The highest BCUT2D eigenvalue weighted by molar-refractivity contribution is 5.94. The van der Waals surface area contributed by atoms with Gasteiger partial charge in [-0.25, -0.2) is 9.97 Å². The van der Waals surface area contributed by atoms with Crippen molar-refractivity contribution in [2.45, 2.75) is 6.54 Å². The fourth-order valence-electron chi connectivity index (χ4n) is 2.98. The van der Waals surface area contributed by atoms with Crippen molar-refractivity contribution in [2.75, 3.05) is 31.2 Å². The topological polar surface area (TPSA) is 80.1 Å². The molecule has 23 heavy (non-hydrogen) atoms. The second-order valence-corrected chi connectivity index (χ2v) is 5.58. The fraction of sp³-hybridized carbons (Fsp3) is 0.294. The summed E-state index contributed by atoms with van der Waals surface area (Å²) in [5.74, 6) is 1.59. The van der Waals surface area contributed by atoms with Gasteiger partial charge < -0.3 is 20.4 Å². The summed E-state index contributed by atoms with van der Waals surface area (Å²) in [5.41, 5.74) is 8.92. The van der Waals surface area contributed by atoms with Crippen LogP contribution in [0.2, 0.25) is 0 Å². The maximum absolute atomic E-state index is 5.81. The number of H-pyrrole nitrogens is 1. The van der Waals surface area contributed by atoms with Crippen LogP contribution in [-0.4, -0.2) is 41.3 Å². The Labute approximate surface area is 134 Å². The van der Waals surface area contributed by atoms with Crippen LogP contribution in [0.1, 0.15) is 5.82 Å². The smallest absolute Gasteiger partial charge is 0.144 e. The number of morpholine rings is 1. The summed E-state index contributed by atoms with van der Waals surface area (Å²) in [6.45, 7) is 3.47. The minimum atomic E-state index is 0.328. The first-order valence-corrected chi connectivity index (χ1v) is 7.82. The standard InChI is InChI=1S/C17H19N5O/c18-11-16-20-15(10-17(21-16)22-6-8-23-9-7-22)12-2-1-3-14-13(12)4-5-19-14/h1-5,10,19H,6-9,11,18H2. The van der Waals surface area contributed by atoms with Crippen molar-refractivity contribution in [1.29, 1.82) is 0 Å². The normalized spacial score (nSPS) is 15.3. The van der Waals surface area contributed by atoms with Gasteiger partial charge in [0, 0.05) is 41.8 Å². The summed E-state index contributed by atoms with van der Waals surface area (Å²) in [4.78, 5) is 14.7. The average molecular weight is 309 g/mol. The van der Waals surface area contributed by atoms with E-state index in [9.17, 15) is 0 Å². The Morgan fingerprint density at radius 3 is 2.87 bits per heavy atom. The lowest BCUT2D eigenvalue weighted by atomic mass is 10.1. The van der Waals surface area contributed by atoms with Crippen LogP contribution in [0, 0.1) is 0 Å². The van der Waals surface area contributed by atoms with Gasteiger partial charge in [0.2, 0.25) is 0 Å². The van der Waals surface area contributed by atoms with E-state index >= 15 is 0 Å². The number of nitrogens with one attached hydrogen (secondary N) is 1. The van der Waals surface area contributed by atoms with Gasteiger partial charge in [0.15, 0.2) is 0 Å². The zero-order valence-electron chi connectivity index (χ0n) is 12.8. The molecule has 1 aliphatic rings. The number of aromatic amines is 1. The van der Waals surface area contributed by atoms with Crippen LogP contribution in [-0.2, 0) is 11.3 Å². The molecule has 0 radical (unpaired) electrons. The van der Waals surface area contributed by atoms with E-state index in [4.69, 9.17) is 10.5 Å². The van der Waals surface area contributed by atoms with Gasteiger partial charge in [0.25, 0.3) is 0 Å². The molecular weight excluding hydrogens is 290 g/mol. The van der Waals surface area contributed by atoms with Gasteiger partial charge in [-0.2, -0.15) is 0 Å². The Bertz CT molecular complexity index is 823. The molecule has 4 rings (SSSR count). The lowest BCUT2D eigenvalue weighted by Crippen LogP contribution is -2.37. The van der Waals surface area contributed by atoms with Gasteiger partial charge in [0.1, 0.15) is 11.6 Å². The summed E-state index contributed by atoms with van der Waals surface area (Å²) in [6, 6.07) is 10.3. The number of fused-ring (bicyclic) bond motifs is 1. The molecule has 3 N–H and O–H groups in total. The van der Waals surface area contributed by atoms with Crippen molar-refractivity contribution in [3.05, 3.63) is 42.4 Å². The number of hydrogen-bond donors (Lipinski definition) is 2. The lowest BCUT2D eigenvalue weighted by molar-refractivity contribution is 0.122. The van der Waals surface area contributed by atoms with Crippen molar-refractivity contribution in [3.63, 3.8) is 0 Å². The van der Waals surface area contributed by atoms with Crippen LogP contribution in [0.15, 0.2) is 36.5 Å². The highest BCUT2D eigenvalue weighted by Crippen LogP contribution is 2.29. The summed E-state index contributed by atoms with van der Waals surface area (Å²) in [7, 11) is 0. The third kappa shape index (κ3) is 2.67. The number of nitrogens with two attached hydrogens (primary N) is 1. The van der Waals surface area contributed by atoms with E-state index in [1.165, 1.54) is 0 Å². The molecule has 2 aromatic heterocycles. The van der Waals surface area contributed by atoms with E-state index in [0.717, 1.165) is 54.3 Å². The summed E-state index contributed by atoms with van der Waals surface area (Å²) in [6.07, 6.45) is 1.95. The zero-order chi connectivity index (χ0) is 15.6. The third-order valence-corrected chi connectivity index (χ3v) is 4.15. The molecule has 6 heteroatoms. The maximum atomic E-state index is 5.81. The highest BCUT2D eigenvalue weighted by atomic mass is 16.5. The van der Waals surface area contributed by atoms with Crippen molar-refractivity contribution >= 4 is 16.7 Å². The molecule has 0 unspecified atom stereocenters. The van der Waals surface area contributed by atoms with Gasteiger partial charge in [-0.3, -0.25) is 0 Å². The average Bonchev–Trinajstić information content (AvgIpc) is 3.10.